The maximum atomic E-state index is 11.4. The second-order valence-corrected chi connectivity index (χ2v) is 3.45. The molecule has 1 N–H and O–H groups in total. The van der Waals surface area contributed by atoms with E-state index in [-0.39, 0.29) is 24.1 Å². The number of aliphatic carboxylic acids is 1. The minimum absolute atomic E-state index is 0. The third-order valence-electron chi connectivity index (χ3n) is 2.80. The van der Waals surface area contributed by atoms with E-state index in [4.69, 9.17) is 5.11 Å². The van der Waals surface area contributed by atoms with Crippen molar-refractivity contribution in [2.75, 3.05) is 13.1 Å². The third-order valence-corrected chi connectivity index (χ3v) is 2.80. The average Bonchev–Trinajstić information content (AvgIpc) is 2.05. The quantitative estimate of drug-likeness (QED) is 0.620. The fourth-order valence-electron chi connectivity index (χ4n) is 2.12. The average molecular weight is 206 g/mol. The van der Waals surface area contributed by atoms with Gasteiger partial charge in [-0.15, -0.1) is 12.4 Å². The summed E-state index contributed by atoms with van der Waals surface area (Å²) in [6.07, 6.45) is 1.70. The maximum absolute atomic E-state index is 11.4. The molecule has 13 heavy (non-hydrogen) atoms. The second kappa shape index (κ2) is 3.64. The van der Waals surface area contributed by atoms with Crippen LogP contribution in [0.2, 0.25) is 0 Å². The highest BCUT2D eigenvalue weighted by Gasteiger charge is 2.44. The zero-order chi connectivity index (χ0) is 8.72. The molecule has 3 fully saturated rings. The van der Waals surface area contributed by atoms with Crippen molar-refractivity contribution in [3.63, 3.8) is 0 Å². The van der Waals surface area contributed by atoms with Gasteiger partial charge in [0.2, 0.25) is 0 Å². The zero-order valence-electron chi connectivity index (χ0n) is 7.10. The lowest BCUT2D eigenvalue weighted by Gasteiger charge is -2.41. The summed E-state index contributed by atoms with van der Waals surface area (Å²) in [4.78, 5) is 23.9. The summed E-state index contributed by atoms with van der Waals surface area (Å²) >= 11 is 0. The topological polar surface area (TPSA) is 57.6 Å². The molecule has 3 heterocycles. The molecule has 0 aromatic heterocycles. The highest BCUT2D eigenvalue weighted by Crippen LogP contribution is 2.28. The molecule has 0 aromatic rings. The predicted octanol–water partition coefficient (Wildman–Crippen LogP) is 0.156. The lowest BCUT2D eigenvalue weighted by Crippen LogP contribution is -2.58. The van der Waals surface area contributed by atoms with Crippen LogP contribution in [0.1, 0.15) is 12.8 Å². The fraction of sp³-hybridized carbons (Fsp3) is 0.750. The van der Waals surface area contributed by atoms with E-state index in [1.807, 2.05) is 0 Å². The molecule has 0 aromatic carbocycles. The Labute approximate surface area is 82.3 Å². The summed E-state index contributed by atoms with van der Waals surface area (Å²) in [5.41, 5.74) is 0. The molecular formula is C8H12ClNO3. The highest BCUT2D eigenvalue weighted by molar-refractivity contribution is 6.04. The van der Waals surface area contributed by atoms with E-state index in [9.17, 15) is 9.59 Å². The van der Waals surface area contributed by atoms with E-state index in [2.05, 4.69) is 0 Å². The van der Waals surface area contributed by atoms with Crippen molar-refractivity contribution in [2.45, 2.75) is 18.9 Å². The summed E-state index contributed by atoms with van der Waals surface area (Å²) in [6.45, 7) is 1.54. The van der Waals surface area contributed by atoms with Crippen LogP contribution < -0.4 is 0 Å². The Kier molecular flexibility index (Phi) is 2.93. The SMILES string of the molecule is Cl.O=C(O)C1C(=O)C2CCN1CC2. The van der Waals surface area contributed by atoms with Crippen molar-refractivity contribution in [3.05, 3.63) is 0 Å². The van der Waals surface area contributed by atoms with E-state index < -0.39 is 12.0 Å². The molecular weight excluding hydrogens is 194 g/mol. The van der Waals surface area contributed by atoms with Crippen LogP contribution >= 0.6 is 12.4 Å². The molecule has 0 aliphatic carbocycles. The van der Waals surface area contributed by atoms with Crippen molar-refractivity contribution in [1.29, 1.82) is 0 Å². The Morgan fingerprint density at radius 2 is 1.92 bits per heavy atom. The largest absolute Gasteiger partial charge is 0.480 e. The van der Waals surface area contributed by atoms with Gasteiger partial charge in [-0.1, -0.05) is 0 Å². The van der Waals surface area contributed by atoms with Crippen LogP contribution in [-0.2, 0) is 9.59 Å². The summed E-state index contributed by atoms with van der Waals surface area (Å²) in [5, 5.41) is 8.77. The summed E-state index contributed by atoms with van der Waals surface area (Å²) in [5.74, 6) is -1.04. The van der Waals surface area contributed by atoms with Crippen LogP contribution in [0.25, 0.3) is 0 Å². The van der Waals surface area contributed by atoms with Crippen LogP contribution in [0.5, 0.6) is 0 Å². The Balaban J connectivity index is 0.000000845. The number of nitrogens with zero attached hydrogens (tertiary/aromatic N) is 1. The third kappa shape index (κ3) is 1.56. The van der Waals surface area contributed by atoms with Crippen molar-refractivity contribution in [2.24, 2.45) is 5.92 Å². The van der Waals surface area contributed by atoms with Crippen LogP contribution in [0.15, 0.2) is 0 Å². The first-order valence-electron chi connectivity index (χ1n) is 4.21. The van der Waals surface area contributed by atoms with Crippen LogP contribution in [-0.4, -0.2) is 40.9 Å². The molecule has 3 aliphatic rings. The number of hydrogen-bond acceptors (Lipinski definition) is 3. The number of Topliss-reactive ketones (excluding diaryl/α,β-unsaturated/α-hetero) is 1. The first-order valence-corrected chi connectivity index (χ1v) is 4.21. The van der Waals surface area contributed by atoms with E-state index in [1.165, 1.54) is 0 Å². The Morgan fingerprint density at radius 3 is 2.23 bits per heavy atom. The van der Waals surface area contributed by atoms with Gasteiger partial charge >= 0.3 is 5.97 Å². The number of carboxylic acids is 1. The molecule has 4 nitrogen and oxygen atoms in total. The van der Waals surface area contributed by atoms with Gasteiger partial charge in [-0.25, -0.2) is 0 Å². The molecule has 3 rings (SSSR count). The van der Waals surface area contributed by atoms with Gasteiger partial charge in [0.1, 0.15) is 0 Å². The van der Waals surface area contributed by atoms with Crippen LogP contribution in [0.4, 0.5) is 0 Å². The van der Waals surface area contributed by atoms with Gasteiger partial charge in [-0.3, -0.25) is 14.5 Å². The molecule has 74 valence electrons. The molecule has 3 saturated heterocycles. The summed E-state index contributed by atoms with van der Waals surface area (Å²) in [6, 6.07) is -0.836. The molecule has 5 heteroatoms. The Hall–Kier alpha value is -0.610. The minimum Gasteiger partial charge on any atom is -0.480 e. The second-order valence-electron chi connectivity index (χ2n) is 3.45. The van der Waals surface area contributed by atoms with E-state index >= 15 is 0 Å². The number of hydrogen-bond donors (Lipinski definition) is 1. The van der Waals surface area contributed by atoms with Crippen molar-refractivity contribution >= 4 is 24.2 Å². The highest BCUT2D eigenvalue weighted by atomic mass is 35.5. The number of rotatable bonds is 1. The van der Waals surface area contributed by atoms with Gasteiger partial charge in [0.15, 0.2) is 11.8 Å². The number of ketones is 1. The molecule has 0 amide bonds. The van der Waals surface area contributed by atoms with Gasteiger partial charge in [0.05, 0.1) is 0 Å². The molecule has 1 unspecified atom stereocenters. The first-order chi connectivity index (χ1) is 5.70. The molecule has 1 atom stereocenters. The summed E-state index contributed by atoms with van der Waals surface area (Å²) in [7, 11) is 0. The van der Waals surface area contributed by atoms with Gasteiger partial charge in [0, 0.05) is 19.0 Å². The van der Waals surface area contributed by atoms with E-state index in [0.717, 1.165) is 25.9 Å². The smallest absolute Gasteiger partial charge is 0.328 e. The number of carbonyl (C=O) groups is 2. The molecule has 0 saturated carbocycles. The Morgan fingerprint density at radius 1 is 1.38 bits per heavy atom. The van der Waals surface area contributed by atoms with Crippen LogP contribution in [0, 0.1) is 5.92 Å². The minimum atomic E-state index is -0.982. The van der Waals surface area contributed by atoms with Gasteiger partial charge < -0.3 is 5.11 Å². The predicted molar refractivity (Wildman–Crippen MR) is 48.0 cm³/mol. The Bertz CT molecular complexity index is 236. The van der Waals surface area contributed by atoms with E-state index in [1.54, 1.807) is 4.90 Å². The van der Waals surface area contributed by atoms with Crippen molar-refractivity contribution < 1.29 is 14.7 Å². The molecule has 2 bridgehead atoms. The van der Waals surface area contributed by atoms with Gasteiger partial charge in [-0.05, 0) is 12.8 Å². The number of fused-ring (bicyclic) bond motifs is 3. The van der Waals surface area contributed by atoms with Crippen molar-refractivity contribution in [3.8, 4) is 0 Å². The van der Waals surface area contributed by atoms with Gasteiger partial charge in [-0.2, -0.15) is 0 Å². The van der Waals surface area contributed by atoms with Crippen LogP contribution in [0.3, 0.4) is 0 Å². The summed E-state index contributed by atoms with van der Waals surface area (Å²) < 4.78 is 0. The maximum Gasteiger partial charge on any atom is 0.328 e. The monoisotopic (exact) mass is 205 g/mol. The lowest BCUT2D eigenvalue weighted by atomic mass is 9.82. The standard InChI is InChI=1S/C8H11NO3.ClH/c10-7-5-1-3-9(4-2-5)6(7)8(11)12;/h5-6H,1-4H2,(H,11,12);1H. The number of piperidine rings is 3. The lowest BCUT2D eigenvalue weighted by molar-refractivity contribution is -0.155. The number of carbonyl (C=O) groups excluding carboxylic acids is 1. The zero-order valence-corrected chi connectivity index (χ0v) is 7.92. The van der Waals surface area contributed by atoms with E-state index in [0.29, 0.717) is 0 Å². The van der Waals surface area contributed by atoms with Crippen molar-refractivity contribution in [1.82, 2.24) is 4.90 Å². The number of carboxylic acid groups (broad SMARTS) is 1. The normalized spacial score (nSPS) is 36.9. The first kappa shape index (κ1) is 10.5. The molecule has 3 aliphatic heterocycles. The van der Waals surface area contributed by atoms with Gasteiger partial charge in [0.25, 0.3) is 0 Å². The fourth-order valence-corrected chi connectivity index (χ4v) is 2.12. The molecule has 0 radical (unpaired) electrons. The molecule has 0 spiro atoms. The number of halogens is 1.